The molecule has 0 saturated heterocycles. The van der Waals surface area contributed by atoms with E-state index in [2.05, 4.69) is 19.9 Å². The van der Waals surface area contributed by atoms with Gasteiger partial charge in [-0.2, -0.15) is 0 Å². The van der Waals surface area contributed by atoms with Crippen molar-refractivity contribution in [2.45, 2.75) is 27.0 Å². The van der Waals surface area contributed by atoms with Crippen molar-refractivity contribution in [1.29, 1.82) is 0 Å². The predicted molar refractivity (Wildman–Crippen MR) is 120 cm³/mol. The first-order valence-electron chi connectivity index (χ1n) is 10.1. The summed E-state index contributed by atoms with van der Waals surface area (Å²) in [6.07, 6.45) is 1.75. The highest BCUT2D eigenvalue weighted by atomic mass is 16.5. The second-order valence-corrected chi connectivity index (χ2v) is 7.92. The van der Waals surface area contributed by atoms with Crippen LogP contribution in [0.15, 0.2) is 79.0 Å². The fraction of sp³-hybridized carbons (Fsp3) is 0.192. The molecule has 0 saturated carbocycles. The largest absolute Gasteiger partial charge is 0.489 e. The van der Waals surface area contributed by atoms with Gasteiger partial charge in [0.15, 0.2) is 0 Å². The zero-order valence-electron chi connectivity index (χ0n) is 17.2. The molecule has 0 radical (unpaired) electrons. The number of carboxylic acid groups (broad SMARTS) is 1. The van der Waals surface area contributed by atoms with Crippen LogP contribution >= 0.6 is 0 Å². The van der Waals surface area contributed by atoms with Crippen molar-refractivity contribution in [3.63, 3.8) is 0 Å². The molecule has 4 aromatic rings. The average Bonchev–Trinajstić information content (AvgIpc) is 3.11. The van der Waals surface area contributed by atoms with Crippen LogP contribution in [0.3, 0.4) is 0 Å². The number of aromatic nitrogens is 1. The summed E-state index contributed by atoms with van der Waals surface area (Å²) in [7, 11) is 0. The molecule has 0 fully saturated rings. The van der Waals surface area contributed by atoms with Crippen molar-refractivity contribution in [2.24, 2.45) is 5.92 Å². The van der Waals surface area contributed by atoms with E-state index in [1.807, 2.05) is 71.3 Å². The van der Waals surface area contributed by atoms with E-state index in [-0.39, 0.29) is 0 Å². The lowest BCUT2D eigenvalue weighted by Gasteiger charge is -2.10. The molecule has 0 aliphatic rings. The van der Waals surface area contributed by atoms with Gasteiger partial charge in [0.2, 0.25) is 0 Å². The molecule has 0 bridgehead atoms. The highest BCUT2D eigenvalue weighted by molar-refractivity contribution is 6.04. The van der Waals surface area contributed by atoms with Crippen molar-refractivity contribution in [3.05, 3.63) is 90.1 Å². The smallest absolute Gasteiger partial charge is 0.337 e. The maximum atomic E-state index is 11.6. The number of rotatable bonds is 7. The van der Waals surface area contributed by atoms with Crippen LogP contribution in [-0.4, -0.2) is 15.6 Å². The molecular weight excluding hydrogens is 374 g/mol. The fourth-order valence-electron chi connectivity index (χ4n) is 3.67. The zero-order chi connectivity index (χ0) is 21.1. The monoisotopic (exact) mass is 399 g/mol. The molecule has 0 atom stereocenters. The Morgan fingerprint density at radius 2 is 1.67 bits per heavy atom. The summed E-state index contributed by atoms with van der Waals surface area (Å²) in [5.74, 6) is 0.349. The molecule has 1 N–H and O–H groups in total. The number of carbonyl (C=O) groups is 1. The van der Waals surface area contributed by atoms with Gasteiger partial charge in [-0.3, -0.25) is 0 Å². The molecule has 0 spiro atoms. The van der Waals surface area contributed by atoms with Gasteiger partial charge >= 0.3 is 5.97 Å². The number of hydrogen-bond donors (Lipinski definition) is 1. The molecule has 1 heterocycles. The highest BCUT2D eigenvalue weighted by Crippen LogP contribution is 2.29. The van der Waals surface area contributed by atoms with Crippen LogP contribution in [0, 0.1) is 5.92 Å². The summed E-state index contributed by atoms with van der Waals surface area (Å²) in [4.78, 5) is 11.6. The predicted octanol–water partition coefficient (Wildman–Crippen LogP) is 6.24. The SMILES string of the molecule is CC(C)Cn1cc(C(=O)O)c2ccc(-c3ccc(OCc4ccccc4)cc3)cc21. The van der Waals surface area contributed by atoms with Gasteiger partial charge in [0.1, 0.15) is 12.4 Å². The van der Waals surface area contributed by atoms with E-state index in [4.69, 9.17) is 4.74 Å². The topological polar surface area (TPSA) is 51.5 Å². The van der Waals surface area contributed by atoms with E-state index in [1.165, 1.54) is 0 Å². The van der Waals surface area contributed by atoms with Crippen LogP contribution in [0.1, 0.15) is 29.8 Å². The minimum atomic E-state index is -0.893. The summed E-state index contributed by atoms with van der Waals surface area (Å²) in [6, 6.07) is 24.1. The summed E-state index contributed by atoms with van der Waals surface area (Å²) in [6.45, 7) is 5.57. The third kappa shape index (κ3) is 4.23. The standard InChI is InChI=1S/C26H25NO3/c1-18(2)15-27-16-24(26(28)29)23-13-10-21(14-25(23)27)20-8-11-22(12-9-20)30-17-19-6-4-3-5-7-19/h3-14,16,18H,15,17H2,1-2H3,(H,28,29). The molecule has 4 rings (SSSR count). The normalized spacial score (nSPS) is 11.2. The Labute approximate surface area is 176 Å². The lowest BCUT2D eigenvalue weighted by atomic mass is 10.0. The van der Waals surface area contributed by atoms with Crippen LogP contribution in [0.2, 0.25) is 0 Å². The fourth-order valence-corrected chi connectivity index (χ4v) is 3.67. The van der Waals surface area contributed by atoms with Gasteiger partial charge in [0, 0.05) is 23.6 Å². The molecule has 0 aliphatic heterocycles. The van der Waals surface area contributed by atoms with Crippen LogP contribution in [0.4, 0.5) is 0 Å². The van der Waals surface area contributed by atoms with Gasteiger partial charge in [-0.15, -0.1) is 0 Å². The maximum absolute atomic E-state index is 11.6. The van der Waals surface area contributed by atoms with Gasteiger partial charge in [0.05, 0.1) is 5.56 Å². The Bertz CT molecular complexity index is 1160. The van der Waals surface area contributed by atoms with Gasteiger partial charge < -0.3 is 14.4 Å². The average molecular weight is 399 g/mol. The molecule has 0 aliphatic carbocycles. The molecule has 0 unspecified atom stereocenters. The zero-order valence-corrected chi connectivity index (χ0v) is 17.2. The lowest BCUT2D eigenvalue weighted by Crippen LogP contribution is -2.03. The molecule has 1 aromatic heterocycles. The van der Waals surface area contributed by atoms with Gasteiger partial charge in [0.25, 0.3) is 0 Å². The number of carboxylic acids is 1. The van der Waals surface area contributed by atoms with Crippen molar-refractivity contribution >= 4 is 16.9 Å². The number of ether oxygens (including phenoxy) is 1. The Kier molecular flexibility index (Phi) is 5.57. The Morgan fingerprint density at radius 1 is 0.967 bits per heavy atom. The Balaban J connectivity index is 1.60. The second-order valence-electron chi connectivity index (χ2n) is 7.92. The van der Waals surface area contributed by atoms with E-state index < -0.39 is 5.97 Å². The van der Waals surface area contributed by atoms with E-state index in [9.17, 15) is 9.90 Å². The Morgan fingerprint density at radius 3 is 2.33 bits per heavy atom. The van der Waals surface area contributed by atoms with Crippen LogP contribution < -0.4 is 4.74 Å². The number of hydrogen-bond acceptors (Lipinski definition) is 2. The van der Waals surface area contributed by atoms with Gasteiger partial charge in [-0.05, 0) is 40.8 Å². The van der Waals surface area contributed by atoms with Crippen molar-refractivity contribution in [2.75, 3.05) is 0 Å². The van der Waals surface area contributed by atoms with E-state index in [1.54, 1.807) is 6.20 Å². The van der Waals surface area contributed by atoms with E-state index in [0.717, 1.165) is 39.9 Å². The minimum absolute atomic E-state index is 0.349. The first-order valence-corrected chi connectivity index (χ1v) is 10.1. The Hall–Kier alpha value is -3.53. The van der Waals surface area contributed by atoms with Crippen molar-refractivity contribution in [1.82, 2.24) is 4.57 Å². The van der Waals surface area contributed by atoms with E-state index >= 15 is 0 Å². The van der Waals surface area contributed by atoms with Crippen LogP contribution in [0.5, 0.6) is 5.75 Å². The summed E-state index contributed by atoms with van der Waals surface area (Å²) in [5.41, 5.74) is 4.55. The third-order valence-electron chi connectivity index (χ3n) is 5.11. The number of benzene rings is 3. The number of nitrogens with zero attached hydrogens (tertiary/aromatic N) is 1. The van der Waals surface area contributed by atoms with Crippen molar-refractivity contribution < 1.29 is 14.6 Å². The van der Waals surface area contributed by atoms with Gasteiger partial charge in [-0.1, -0.05) is 68.4 Å². The molecule has 4 heteroatoms. The van der Waals surface area contributed by atoms with Crippen LogP contribution in [0.25, 0.3) is 22.0 Å². The first kappa shape index (κ1) is 19.8. The summed E-state index contributed by atoms with van der Waals surface area (Å²) >= 11 is 0. The summed E-state index contributed by atoms with van der Waals surface area (Å²) < 4.78 is 7.92. The summed E-state index contributed by atoms with van der Waals surface area (Å²) in [5, 5.41) is 10.3. The molecule has 0 amide bonds. The minimum Gasteiger partial charge on any atom is -0.489 e. The lowest BCUT2D eigenvalue weighted by molar-refractivity contribution is 0.0698. The number of aromatic carboxylic acids is 1. The van der Waals surface area contributed by atoms with E-state index in [0.29, 0.717) is 18.1 Å². The maximum Gasteiger partial charge on any atom is 0.337 e. The first-order chi connectivity index (χ1) is 14.5. The molecule has 152 valence electrons. The molecule has 4 nitrogen and oxygen atoms in total. The quantitative estimate of drug-likeness (QED) is 0.400. The number of fused-ring (bicyclic) bond motifs is 1. The second kappa shape index (κ2) is 8.46. The molecular formula is C26H25NO3. The van der Waals surface area contributed by atoms with Crippen LogP contribution in [-0.2, 0) is 13.2 Å². The van der Waals surface area contributed by atoms with Gasteiger partial charge in [-0.25, -0.2) is 4.79 Å². The third-order valence-corrected chi connectivity index (χ3v) is 5.11. The molecule has 3 aromatic carbocycles. The highest BCUT2D eigenvalue weighted by Gasteiger charge is 2.15. The molecule has 30 heavy (non-hydrogen) atoms. The van der Waals surface area contributed by atoms with Crippen molar-refractivity contribution in [3.8, 4) is 16.9 Å².